The number of hydrogen-bond donors (Lipinski definition) is 2. The van der Waals surface area contributed by atoms with E-state index in [-0.39, 0.29) is 11.4 Å². The summed E-state index contributed by atoms with van der Waals surface area (Å²) in [4.78, 5) is 0. The van der Waals surface area contributed by atoms with Crippen LogP contribution in [0, 0.1) is 0 Å². The van der Waals surface area contributed by atoms with Gasteiger partial charge < -0.3 is 10.4 Å². The predicted octanol–water partition coefficient (Wildman–Crippen LogP) is 4.05. The average Bonchev–Trinajstić information content (AvgIpc) is 2.47. The van der Waals surface area contributed by atoms with Gasteiger partial charge in [0.15, 0.2) is 0 Å². The van der Waals surface area contributed by atoms with Crippen molar-refractivity contribution in [2.75, 3.05) is 0 Å². The van der Waals surface area contributed by atoms with Crippen molar-refractivity contribution in [3.8, 4) is 0 Å². The normalized spacial score (nSPS) is 12.5. The first-order valence-electron chi connectivity index (χ1n) is 5.62. The molecule has 0 saturated carbocycles. The summed E-state index contributed by atoms with van der Waals surface area (Å²) in [5, 5.41) is 25.9. The number of nitrogens with zero attached hydrogens (tertiary/aromatic N) is 2. The molecule has 0 saturated heterocycles. The topological polar surface area (TPSA) is 65.2 Å². The lowest BCUT2D eigenvalue weighted by Gasteiger charge is -2.07. The highest BCUT2D eigenvalue weighted by Gasteiger charge is 2.15. The van der Waals surface area contributed by atoms with Gasteiger partial charge in [0.05, 0.1) is 0 Å². The Bertz CT molecular complexity index is 590. The minimum atomic E-state index is 0.131. The van der Waals surface area contributed by atoms with Gasteiger partial charge in [-0.2, -0.15) is 0 Å². The summed E-state index contributed by atoms with van der Waals surface area (Å²) < 4.78 is 0. The zero-order valence-corrected chi connectivity index (χ0v) is 11.7. The van der Waals surface area contributed by atoms with Crippen LogP contribution in [0.5, 0.6) is 0 Å². The fourth-order valence-corrected chi connectivity index (χ4v) is 1.95. The van der Waals surface area contributed by atoms with E-state index in [9.17, 15) is 10.4 Å². The molecule has 0 spiro atoms. The minimum Gasteiger partial charge on any atom is -0.410 e. The molecule has 0 unspecified atom stereocenters. The summed E-state index contributed by atoms with van der Waals surface area (Å²) in [5.41, 5.74) is 1.40. The lowest BCUT2D eigenvalue weighted by atomic mass is 10.00. The SMILES string of the molecule is O/N=C(\C(=N/O)c1ccc(Cl)cc1)c1ccc(Cl)cc1. The van der Waals surface area contributed by atoms with Crippen molar-refractivity contribution in [3.63, 3.8) is 0 Å². The Hall–Kier alpha value is -2.04. The van der Waals surface area contributed by atoms with E-state index in [1.165, 1.54) is 0 Å². The fraction of sp³-hybridized carbons (Fsp3) is 0. The van der Waals surface area contributed by atoms with Crippen molar-refractivity contribution in [2.24, 2.45) is 10.3 Å². The maximum Gasteiger partial charge on any atom is 0.139 e. The second kappa shape index (κ2) is 6.41. The predicted molar refractivity (Wildman–Crippen MR) is 79.6 cm³/mol. The molecule has 0 fully saturated rings. The summed E-state index contributed by atoms with van der Waals surface area (Å²) in [6.07, 6.45) is 0. The van der Waals surface area contributed by atoms with E-state index in [0.29, 0.717) is 21.2 Å². The summed E-state index contributed by atoms with van der Waals surface area (Å²) in [6.45, 7) is 0. The largest absolute Gasteiger partial charge is 0.410 e. The third-order valence-electron chi connectivity index (χ3n) is 2.66. The van der Waals surface area contributed by atoms with Crippen LogP contribution >= 0.6 is 23.2 Å². The van der Waals surface area contributed by atoms with Crippen LogP contribution in [0.15, 0.2) is 58.8 Å². The van der Waals surface area contributed by atoms with Gasteiger partial charge >= 0.3 is 0 Å². The molecule has 0 amide bonds. The number of hydrogen-bond acceptors (Lipinski definition) is 4. The second-order valence-corrected chi connectivity index (χ2v) is 4.78. The van der Waals surface area contributed by atoms with E-state index in [1.807, 2.05) is 0 Å². The molecule has 0 radical (unpaired) electrons. The lowest BCUT2D eigenvalue weighted by Crippen LogP contribution is -2.17. The van der Waals surface area contributed by atoms with Gasteiger partial charge in [0.2, 0.25) is 0 Å². The Kier molecular flexibility index (Phi) is 4.61. The Morgan fingerprint density at radius 2 is 0.950 bits per heavy atom. The third kappa shape index (κ3) is 3.10. The standard InChI is InChI=1S/C14H10Cl2N2O2/c15-11-5-1-9(2-6-11)13(17-19)14(18-20)10-3-7-12(16)8-4-10/h1-8,19-20H/b17-13-,18-14-. The van der Waals surface area contributed by atoms with Crippen molar-refractivity contribution in [1.82, 2.24) is 0 Å². The van der Waals surface area contributed by atoms with Crippen LogP contribution in [0.4, 0.5) is 0 Å². The maximum absolute atomic E-state index is 9.20. The van der Waals surface area contributed by atoms with Gasteiger partial charge in [-0.1, -0.05) is 57.8 Å². The molecule has 0 heterocycles. The van der Waals surface area contributed by atoms with Crippen molar-refractivity contribution in [1.29, 1.82) is 0 Å². The highest BCUT2D eigenvalue weighted by molar-refractivity contribution is 6.53. The molecule has 4 nitrogen and oxygen atoms in total. The molecule has 0 atom stereocenters. The van der Waals surface area contributed by atoms with Crippen LogP contribution < -0.4 is 0 Å². The third-order valence-corrected chi connectivity index (χ3v) is 3.16. The molecule has 6 heteroatoms. The molecule has 20 heavy (non-hydrogen) atoms. The van der Waals surface area contributed by atoms with E-state index < -0.39 is 0 Å². The molecule has 2 N–H and O–H groups in total. The van der Waals surface area contributed by atoms with Gasteiger partial charge in [-0.05, 0) is 24.3 Å². The van der Waals surface area contributed by atoms with E-state index in [1.54, 1.807) is 48.5 Å². The van der Waals surface area contributed by atoms with Crippen LogP contribution in [0.1, 0.15) is 11.1 Å². The summed E-state index contributed by atoms with van der Waals surface area (Å²) in [5.74, 6) is 0. The zero-order valence-electron chi connectivity index (χ0n) is 10.2. The van der Waals surface area contributed by atoms with Crippen molar-refractivity contribution in [2.45, 2.75) is 0 Å². The lowest BCUT2D eigenvalue weighted by molar-refractivity contribution is 0.314. The van der Waals surface area contributed by atoms with E-state index >= 15 is 0 Å². The van der Waals surface area contributed by atoms with Gasteiger partial charge in [0.1, 0.15) is 11.4 Å². The molecule has 2 aromatic rings. The van der Waals surface area contributed by atoms with E-state index in [0.717, 1.165) is 0 Å². The van der Waals surface area contributed by atoms with Gasteiger partial charge in [0, 0.05) is 21.2 Å². The maximum atomic E-state index is 9.20. The number of benzene rings is 2. The quantitative estimate of drug-likeness (QED) is 0.510. The molecule has 0 aromatic heterocycles. The fourth-order valence-electron chi connectivity index (χ4n) is 1.70. The van der Waals surface area contributed by atoms with Crippen molar-refractivity contribution < 1.29 is 10.4 Å². The first-order valence-corrected chi connectivity index (χ1v) is 6.37. The van der Waals surface area contributed by atoms with Gasteiger partial charge in [-0.25, -0.2) is 0 Å². The summed E-state index contributed by atoms with van der Waals surface area (Å²) >= 11 is 11.6. The zero-order chi connectivity index (χ0) is 14.5. The Balaban J connectivity index is 2.44. The van der Waals surface area contributed by atoms with Crippen LogP contribution in [0.3, 0.4) is 0 Å². The first-order chi connectivity index (χ1) is 9.65. The molecule has 0 aliphatic carbocycles. The second-order valence-electron chi connectivity index (χ2n) is 3.91. The highest BCUT2D eigenvalue weighted by Crippen LogP contribution is 2.15. The number of halogens is 2. The average molecular weight is 309 g/mol. The Morgan fingerprint density at radius 1 is 0.650 bits per heavy atom. The number of oxime groups is 2. The van der Waals surface area contributed by atoms with Gasteiger partial charge in [0.25, 0.3) is 0 Å². The number of rotatable bonds is 3. The Morgan fingerprint density at radius 3 is 1.20 bits per heavy atom. The molecule has 2 rings (SSSR count). The van der Waals surface area contributed by atoms with Crippen LogP contribution in [-0.4, -0.2) is 21.8 Å². The van der Waals surface area contributed by atoms with Crippen molar-refractivity contribution in [3.05, 3.63) is 69.7 Å². The monoisotopic (exact) mass is 308 g/mol. The van der Waals surface area contributed by atoms with E-state index in [4.69, 9.17) is 23.2 Å². The highest BCUT2D eigenvalue weighted by atomic mass is 35.5. The minimum absolute atomic E-state index is 0.131. The summed E-state index contributed by atoms with van der Waals surface area (Å²) in [6, 6.07) is 13.3. The van der Waals surface area contributed by atoms with Gasteiger partial charge in [-0.15, -0.1) is 0 Å². The molecule has 0 bridgehead atoms. The molecular weight excluding hydrogens is 299 g/mol. The molecule has 0 aliphatic heterocycles. The van der Waals surface area contributed by atoms with Crippen molar-refractivity contribution >= 4 is 34.6 Å². The smallest absolute Gasteiger partial charge is 0.139 e. The van der Waals surface area contributed by atoms with Crippen LogP contribution in [0.25, 0.3) is 0 Å². The van der Waals surface area contributed by atoms with Crippen LogP contribution in [-0.2, 0) is 0 Å². The first kappa shape index (κ1) is 14.4. The molecule has 2 aromatic carbocycles. The molecule has 0 aliphatic rings. The van der Waals surface area contributed by atoms with Gasteiger partial charge in [-0.3, -0.25) is 0 Å². The molecule has 102 valence electrons. The Labute approximate surface area is 125 Å². The summed E-state index contributed by atoms with van der Waals surface area (Å²) in [7, 11) is 0. The van der Waals surface area contributed by atoms with Crippen LogP contribution in [0.2, 0.25) is 10.0 Å². The molecular formula is C14H10Cl2N2O2. The van der Waals surface area contributed by atoms with E-state index in [2.05, 4.69) is 10.3 Å².